The Morgan fingerprint density at radius 1 is 1.21 bits per heavy atom. The minimum absolute atomic E-state index is 0.642. The predicted octanol–water partition coefficient (Wildman–Crippen LogP) is 5.49. The molecule has 0 unspecified atom stereocenters. The quantitative estimate of drug-likeness (QED) is 0.405. The number of benzene rings is 2. The van der Waals surface area contributed by atoms with Crippen molar-refractivity contribution in [3.8, 4) is 11.4 Å². The van der Waals surface area contributed by atoms with E-state index < -0.39 is 0 Å². The minimum atomic E-state index is 0.642. The molecule has 0 spiro atoms. The van der Waals surface area contributed by atoms with E-state index in [1.54, 1.807) is 11.8 Å². The van der Waals surface area contributed by atoms with Crippen LogP contribution in [0.25, 0.3) is 11.4 Å². The minimum Gasteiger partial charge on any atom is -0.241 e. The molecule has 0 amide bonds. The van der Waals surface area contributed by atoms with E-state index in [1.165, 1.54) is 11.1 Å². The third kappa shape index (κ3) is 4.16. The van der Waals surface area contributed by atoms with E-state index in [0.29, 0.717) is 6.54 Å². The summed E-state index contributed by atoms with van der Waals surface area (Å²) < 4.78 is 2.95. The highest BCUT2D eigenvalue weighted by atomic mass is 79.9. The molecule has 0 bridgehead atoms. The van der Waals surface area contributed by atoms with Crippen LogP contribution in [0, 0.1) is 6.92 Å². The van der Waals surface area contributed by atoms with Crippen LogP contribution in [0.3, 0.4) is 0 Å². The molecular formula is C19H18BrN3S. The maximum Gasteiger partial charge on any atom is 0.209 e. The average molecular weight is 400 g/mol. The van der Waals surface area contributed by atoms with E-state index in [0.717, 1.165) is 26.8 Å². The number of hydrogen-bond acceptors (Lipinski definition) is 3. The summed E-state index contributed by atoms with van der Waals surface area (Å²) >= 11 is 5.12. The zero-order valence-corrected chi connectivity index (χ0v) is 15.8. The predicted molar refractivity (Wildman–Crippen MR) is 104 cm³/mol. The van der Waals surface area contributed by atoms with Crippen LogP contribution in [-0.2, 0) is 12.3 Å². The SMILES string of the molecule is C=CCn1nc(SCc2cccc(C)c2)nc1-c1ccc(Br)cc1. The highest BCUT2D eigenvalue weighted by Crippen LogP contribution is 2.25. The van der Waals surface area contributed by atoms with Crippen LogP contribution in [0.1, 0.15) is 11.1 Å². The Hall–Kier alpha value is -1.85. The van der Waals surface area contributed by atoms with Crippen molar-refractivity contribution >= 4 is 27.7 Å². The van der Waals surface area contributed by atoms with Crippen LogP contribution in [-0.4, -0.2) is 14.8 Å². The highest BCUT2D eigenvalue weighted by Gasteiger charge is 2.12. The molecule has 0 saturated carbocycles. The molecule has 5 heteroatoms. The third-order valence-corrected chi connectivity index (χ3v) is 4.94. The molecule has 3 aromatic rings. The van der Waals surface area contributed by atoms with Gasteiger partial charge in [-0.05, 0) is 24.6 Å². The van der Waals surface area contributed by atoms with E-state index >= 15 is 0 Å². The van der Waals surface area contributed by atoms with Gasteiger partial charge in [0.1, 0.15) is 0 Å². The second kappa shape index (κ2) is 7.81. The third-order valence-electron chi connectivity index (χ3n) is 3.51. The zero-order valence-electron chi connectivity index (χ0n) is 13.4. The first-order valence-electron chi connectivity index (χ1n) is 7.66. The lowest BCUT2D eigenvalue weighted by molar-refractivity contribution is 0.687. The van der Waals surface area contributed by atoms with Gasteiger partial charge in [0, 0.05) is 15.8 Å². The smallest absolute Gasteiger partial charge is 0.209 e. The molecule has 0 aliphatic carbocycles. The van der Waals surface area contributed by atoms with Crippen molar-refractivity contribution in [2.75, 3.05) is 0 Å². The molecule has 0 aliphatic rings. The monoisotopic (exact) mass is 399 g/mol. The van der Waals surface area contributed by atoms with Crippen molar-refractivity contribution in [1.29, 1.82) is 0 Å². The Labute approximate surface area is 154 Å². The van der Waals surface area contributed by atoms with Gasteiger partial charge >= 0.3 is 0 Å². The van der Waals surface area contributed by atoms with Gasteiger partial charge in [0.15, 0.2) is 5.82 Å². The number of hydrogen-bond donors (Lipinski definition) is 0. The van der Waals surface area contributed by atoms with Crippen LogP contribution < -0.4 is 0 Å². The molecule has 3 nitrogen and oxygen atoms in total. The number of halogens is 1. The van der Waals surface area contributed by atoms with Gasteiger partial charge in [-0.15, -0.1) is 11.7 Å². The summed E-state index contributed by atoms with van der Waals surface area (Å²) in [6.45, 7) is 6.56. The molecule has 24 heavy (non-hydrogen) atoms. The van der Waals surface area contributed by atoms with Crippen LogP contribution >= 0.6 is 27.7 Å². The molecule has 0 aliphatic heterocycles. The van der Waals surface area contributed by atoms with Gasteiger partial charge in [0.05, 0.1) is 6.54 Å². The fourth-order valence-corrected chi connectivity index (χ4v) is 3.44. The second-order valence-electron chi connectivity index (χ2n) is 5.47. The largest absolute Gasteiger partial charge is 0.241 e. The van der Waals surface area contributed by atoms with E-state index in [4.69, 9.17) is 4.98 Å². The van der Waals surface area contributed by atoms with Gasteiger partial charge in [-0.2, -0.15) is 0 Å². The molecule has 0 radical (unpaired) electrons. The van der Waals surface area contributed by atoms with Gasteiger partial charge in [0.25, 0.3) is 0 Å². The highest BCUT2D eigenvalue weighted by molar-refractivity contribution is 9.10. The second-order valence-corrected chi connectivity index (χ2v) is 7.33. The first kappa shape index (κ1) is 17.0. The van der Waals surface area contributed by atoms with Crippen molar-refractivity contribution < 1.29 is 0 Å². The van der Waals surface area contributed by atoms with Crippen molar-refractivity contribution in [3.05, 3.63) is 76.8 Å². The summed E-state index contributed by atoms with van der Waals surface area (Å²) in [4.78, 5) is 4.72. The number of allylic oxidation sites excluding steroid dienone is 1. The lowest BCUT2D eigenvalue weighted by Crippen LogP contribution is -2.00. The fourth-order valence-electron chi connectivity index (χ4n) is 2.39. The first-order chi connectivity index (χ1) is 11.7. The molecule has 1 heterocycles. The molecule has 0 N–H and O–H groups in total. The van der Waals surface area contributed by atoms with Crippen LogP contribution in [0.4, 0.5) is 0 Å². The Kier molecular flexibility index (Phi) is 5.53. The topological polar surface area (TPSA) is 30.7 Å². The van der Waals surface area contributed by atoms with Gasteiger partial charge in [-0.1, -0.05) is 75.7 Å². The van der Waals surface area contributed by atoms with Crippen LogP contribution in [0.2, 0.25) is 0 Å². The van der Waals surface area contributed by atoms with E-state index in [1.807, 2.05) is 35.0 Å². The Morgan fingerprint density at radius 3 is 2.71 bits per heavy atom. The molecule has 0 fully saturated rings. The summed E-state index contributed by atoms with van der Waals surface area (Å²) in [7, 11) is 0. The number of rotatable bonds is 6. The van der Waals surface area contributed by atoms with Crippen molar-refractivity contribution in [1.82, 2.24) is 14.8 Å². The molecule has 3 rings (SSSR count). The number of aromatic nitrogens is 3. The van der Waals surface area contributed by atoms with Crippen molar-refractivity contribution in [3.63, 3.8) is 0 Å². The van der Waals surface area contributed by atoms with Gasteiger partial charge in [-0.25, -0.2) is 9.67 Å². The molecule has 0 saturated heterocycles. The average Bonchev–Trinajstić information content (AvgIpc) is 2.97. The first-order valence-corrected chi connectivity index (χ1v) is 9.43. The number of aryl methyl sites for hydroxylation is 1. The maximum atomic E-state index is 4.72. The van der Waals surface area contributed by atoms with E-state index in [9.17, 15) is 0 Å². The van der Waals surface area contributed by atoms with Crippen LogP contribution in [0.5, 0.6) is 0 Å². The van der Waals surface area contributed by atoms with Crippen molar-refractivity contribution in [2.24, 2.45) is 0 Å². The zero-order chi connectivity index (χ0) is 16.9. The number of thioether (sulfide) groups is 1. The Balaban J connectivity index is 1.82. The van der Waals surface area contributed by atoms with Gasteiger partial charge in [0.2, 0.25) is 5.16 Å². The molecule has 0 atom stereocenters. The normalized spacial score (nSPS) is 10.8. The Bertz CT molecular complexity index is 840. The van der Waals surface area contributed by atoms with Crippen LogP contribution in [0.15, 0.2) is 70.8 Å². The summed E-state index contributed by atoms with van der Waals surface area (Å²) in [6.07, 6.45) is 1.84. The molecule has 2 aromatic carbocycles. The van der Waals surface area contributed by atoms with E-state index in [2.05, 4.69) is 58.8 Å². The summed E-state index contributed by atoms with van der Waals surface area (Å²) in [5.41, 5.74) is 3.61. The molecular weight excluding hydrogens is 382 g/mol. The molecule has 1 aromatic heterocycles. The van der Waals surface area contributed by atoms with Crippen molar-refractivity contribution in [2.45, 2.75) is 24.4 Å². The van der Waals surface area contributed by atoms with Gasteiger partial charge < -0.3 is 0 Å². The lowest BCUT2D eigenvalue weighted by atomic mass is 10.2. The molecule has 122 valence electrons. The standard InChI is InChI=1S/C19H18BrN3S/c1-3-11-23-18(16-7-9-17(20)10-8-16)21-19(22-23)24-13-15-6-4-5-14(2)12-15/h3-10,12H,1,11,13H2,2H3. The summed E-state index contributed by atoms with van der Waals surface area (Å²) in [5.74, 6) is 1.73. The Morgan fingerprint density at radius 2 is 2.00 bits per heavy atom. The van der Waals surface area contributed by atoms with E-state index in [-0.39, 0.29) is 0 Å². The van der Waals surface area contributed by atoms with Gasteiger partial charge in [-0.3, -0.25) is 0 Å². The summed E-state index contributed by atoms with van der Waals surface area (Å²) in [6, 6.07) is 16.6. The fraction of sp³-hybridized carbons (Fsp3) is 0.158. The lowest BCUT2D eigenvalue weighted by Gasteiger charge is -2.02. The maximum absolute atomic E-state index is 4.72. The number of nitrogens with zero attached hydrogens (tertiary/aromatic N) is 3. The summed E-state index contributed by atoms with van der Waals surface area (Å²) in [5, 5.41) is 5.41.